The highest BCUT2D eigenvalue weighted by atomic mass is 32.2. The van der Waals surface area contributed by atoms with E-state index in [1.165, 1.54) is 35.1 Å². The molecule has 0 amide bonds. The lowest BCUT2D eigenvalue weighted by Crippen LogP contribution is -2.39. The van der Waals surface area contributed by atoms with E-state index < -0.39 is 33.1 Å². The molecule has 0 bridgehead atoms. The molecule has 0 radical (unpaired) electrons. The zero-order valence-corrected chi connectivity index (χ0v) is 17.4. The molecule has 1 aliphatic rings. The monoisotopic (exact) mass is 432 g/mol. The fourth-order valence-corrected chi connectivity index (χ4v) is 5.55. The minimum absolute atomic E-state index is 0.0119. The van der Waals surface area contributed by atoms with Crippen LogP contribution in [0.1, 0.15) is 31.0 Å². The minimum Gasteiger partial charge on any atom is -0.280 e. The number of hydrogen-bond acceptors (Lipinski definition) is 5. The SMILES string of the molecule is Cn1c(=O)c2ccc([C@@H]3CCCCN3S(=O)(=O)c3ccc(F)cc3)nc2n(C)c1=O. The summed E-state index contributed by atoms with van der Waals surface area (Å²) in [5.74, 6) is -0.511. The van der Waals surface area contributed by atoms with E-state index in [9.17, 15) is 22.4 Å². The number of benzene rings is 1. The summed E-state index contributed by atoms with van der Waals surface area (Å²) < 4.78 is 43.4. The second-order valence-corrected chi connectivity index (χ2v) is 9.28. The number of piperidine rings is 1. The van der Waals surface area contributed by atoms with Gasteiger partial charge in [0.05, 0.1) is 22.0 Å². The molecule has 3 heterocycles. The number of fused-ring (bicyclic) bond motifs is 1. The maximum atomic E-state index is 13.3. The second-order valence-electron chi connectivity index (χ2n) is 7.39. The fraction of sp³-hybridized carbons (Fsp3) is 0.350. The van der Waals surface area contributed by atoms with Gasteiger partial charge in [0.1, 0.15) is 11.5 Å². The molecule has 4 rings (SSSR count). The molecule has 30 heavy (non-hydrogen) atoms. The van der Waals surface area contributed by atoms with Crippen LogP contribution < -0.4 is 11.2 Å². The van der Waals surface area contributed by atoms with Crippen molar-refractivity contribution < 1.29 is 12.8 Å². The van der Waals surface area contributed by atoms with Crippen molar-refractivity contribution in [2.75, 3.05) is 6.54 Å². The lowest BCUT2D eigenvalue weighted by Gasteiger charge is -2.34. The smallest absolute Gasteiger partial charge is 0.280 e. The van der Waals surface area contributed by atoms with Gasteiger partial charge in [-0.25, -0.2) is 22.6 Å². The van der Waals surface area contributed by atoms with Gasteiger partial charge in [-0.05, 0) is 49.2 Å². The fourth-order valence-electron chi connectivity index (χ4n) is 3.88. The van der Waals surface area contributed by atoms with Gasteiger partial charge in [0.15, 0.2) is 0 Å². The van der Waals surface area contributed by atoms with Gasteiger partial charge in [0.2, 0.25) is 10.0 Å². The topological polar surface area (TPSA) is 94.3 Å². The molecule has 1 aromatic carbocycles. The van der Waals surface area contributed by atoms with Crippen LogP contribution in [0.3, 0.4) is 0 Å². The number of nitrogens with zero attached hydrogens (tertiary/aromatic N) is 4. The summed E-state index contributed by atoms with van der Waals surface area (Å²) in [4.78, 5) is 29.2. The summed E-state index contributed by atoms with van der Waals surface area (Å²) in [6.45, 7) is 0.305. The van der Waals surface area contributed by atoms with Gasteiger partial charge >= 0.3 is 5.69 Å². The van der Waals surface area contributed by atoms with Gasteiger partial charge < -0.3 is 0 Å². The molecular weight excluding hydrogens is 411 g/mol. The Bertz CT molecular complexity index is 1350. The molecule has 1 atom stereocenters. The summed E-state index contributed by atoms with van der Waals surface area (Å²) in [5.41, 5.74) is -0.274. The average Bonchev–Trinajstić information content (AvgIpc) is 2.76. The van der Waals surface area contributed by atoms with E-state index >= 15 is 0 Å². The number of aryl methyl sites for hydroxylation is 1. The van der Waals surface area contributed by atoms with E-state index in [-0.39, 0.29) is 15.9 Å². The number of halogens is 1. The number of rotatable bonds is 3. The van der Waals surface area contributed by atoms with Gasteiger partial charge in [0, 0.05) is 20.6 Å². The molecular formula is C20H21FN4O4S. The Kier molecular flexibility index (Phi) is 5.07. The third-order valence-corrected chi connectivity index (χ3v) is 7.46. The van der Waals surface area contributed by atoms with Gasteiger partial charge in [-0.2, -0.15) is 4.31 Å². The first-order chi connectivity index (χ1) is 14.2. The molecule has 0 aliphatic carbocycles. The molecule has 1 aliphatic heterocycles. The van der Waals surface area contributed by atoms with Crippen molar-refractivity contribution in [3.63, 3.8) is 0 Å². The number of sulfonamides is 1. The first-order valence-corrected chi connectivity index (χ1v) is 11.0. The standard InChI is InChI=1S/C20H21FN4O4S/c1-23-18-15(19(26)24(2)20(23)27)10-11-16(22-18)17-5-3-4-12-25(17)30(28,29)14-8-6-13(21)7-9-14/h6-11,17H,3-5,12H2,1-2H3/t17-/m0/s1. The van der Waals surface area contributed by atoms with Crippen LogP contribution in [0.2, 0.25) is 0 Å². The van der Waals surface area contributed by atoms with Crippen LogP contribution in [-0.4, -0.2) is 33.4 Å². The third kappa shape index (κ3) is 3.25. The Morgan fingerprint density at radius 2 is 1.70 bits per heavy atom. The summed E-state index contributed by atoms with van der Waals surface area (Å²) >= 11 is 0. The lowest BCUT2D eigenvalue weighted by molar-refractivity contribution is 0.251. The zero-order chi connectivity index (χ0) is 21.6. The molecule has 10 heteroatoms. The van der Waals surface area contributed by atoms with Crippen molar-refractivity contribution in [3.8, 4) is 0 Å². The zero-order valence-electron chi connectivity index (χ0n) is 16.6. The normalized spacial score (nSPS) is 18.0. The molecule has 0 saturated carbocycles. The quantitative estimate of drug-likeness (QED) is 0.628. The number of hydrogen-bond donors (Lipinski definition) is 0. The van der Waals surface area contributed by atoms with Gasteiger partial charge in [0.25, 0.3) is 5.56 Å². The lowest BCUT2D eigenvalue weighted by atomic mass is 10.0. The molecule has 158 valence electrons. The molecule has 0 unspecified atom stereocenters. The van der Waals surface area contributed by atoms with Crippen LogP contribution >= 0.6 is 0 Å². The van der Waals surface area contributed by atoms with Crippen molar-refractivity contribution in [1.82, 2.24) is 18.4 Å². The largest absolute Gasteiger partial charge is 0.332 e. The Morgan fingerprint density at radius 3 is 2.40 bits per heavy atom. The molecule has 1 fully saturated rings. The molecule has 3 aromatic rings. The third-order valence-electron chi connectivity index (χ3n) is 5.54. The van der Waals surface area contributed by atoms with Gasteiger partial charge in [-0.1, -0.05) is 6.42 Å². The Hall–Kier alpha value is -2.85. The average molecular weight is 432 g/mol. The molecule has 0 N–H and O–H groups in total. The van der Waals surface area contributed by atoms with Crippen molar-refractivity contribution in [3.05, 3.63) is 68.7 Å². The number of aromatic nitrogens is 3. The highest BCUT2D eigenvalue weighted by molar-refractivity contribution is 7.89. The molecule has 1 saturated heterocycles. The highest BCUT2D eigenvalue weighted by Crippen LogP contribution is 2.35. The summed E-state index contributed by atoms with van der Waals surface area (Å²) in [5, 5.41) is 0.284. The van der Waals surface area contributed by atoms with Crippen molar-refractivity contribution in [2.24, 2.45) is 14.1 Å². The first kappa shape index (κ1) is 20.4. The molecule has 8 nitrogen and oxygen atoms in total. The Balaban J connectivity index is 1.83. The molecule has 0 spiro atoms. The van der Waals surface area contributed by atoms with Crippen molar-refractivity contribution >= 4 is 21.1 Å². The predicted octanol–water partition coefficient (Wildman–Crippen LogP) is 1.69. The van der Waals surface area contributed by atoms with Crippen LogP contribution in [0.25, 0.3) is 11.0 Å². The highest BCUT2D eigenvalue weighted by Gasteiger charge is 2.35. The van der Waals surface area contributed by atoms with Gasteiger partial charge in [-0.15, -0.1) is 0 Å². The minimum atomic E-state index is -3.87. The summed E-state index contributed by atoms with van der Waals surface area (Å²) in [6, 6.07) is 7.40. The van der Waals surface area contributed by atoms with Crippen LogP contribution in [0, 0.1) is 5.82 Å². The maximum Gasteiger partial charge on any atom is 0.332 e. The van der Waals surface area contributed by atoms with Crippen LogP contribution in [0.4, 0.5) is 4.39 Å². The molecule has 2 aromatic heterocycles. The second kappa shape index (κ2) is 7.44. The van der Waals surface area contributed by atoms with E-state index in [1.54, 1.807) is 12.1 Å². The predicted molar refractivity (Wildman–Crippen MR) is 109 cm³/mol. The number of pyridine rings is 1. The Labute approximate surface area is 172 Å². The van der Waals surface area contributed by atoms with Crippen molar-refractivity contribution in [1.29, 1.82) is 0 Å². The summed E-state index contributed by atoms with van der Waals surface area (Å²) in [6.07, 6.45) is 2.07. The van der Waals surface area contributed by atoms with Crippen LogP contribution in [-0.2, 0) is 24.1 Å². The maximum absolute atomic E-state index is 13.3. The van der Waals surface area contributed by atoms with E-state index in [1.807, 2.05) is 0 Å². The van der Waals surface area contributed by atoms with Crippen molar-refractivity contribution in [2.45, 2.75) is 30.2 Å². The van der Waals surface area contributed by atoms with E-state index in [4.69, 9.17) is 0 Å². The van der Waals surface area contributed by atoms with E-state index in [0.717, 1.165) is 23.1 Å². The van der Waals surface area contributed by atoms with E-state index in [0.29, 0.717) is 25.1 Å². The van der Waals surface area contributed by atoms with Gasteiger partial charge in [-0.3, -0.25) is 13.9 Å². The Morgan fingerprint density at radius 1 is 1.00 bits per heavy atom. The van der Waals surface area contributed by atoms with Crippen LogP contribution in [0.5, 0.6) is 0 Å². The van der Waals surface area contributed by atoms with Crippen LogP contribution in [0.15, 0.2) is 50.9 Å². The van der Waals surface area contributed by atoms with E-state index in [2.05, 4.69) is 4.98 Å². The first-order valence-electron chi connectivity index (χ1n) is 9.56. The summed E-state index contributed by atoms with van der Waals surface area (Å²) in [7, 11) is -0.949.